The highest BCUT2D eigenvalue weighted by molar-refractivity contribution is 8.00. The fraction of sp³-hybridized carbons (Fsp3) is 0.231. The number of aryl methyl sites for hydroxylation is 1. The van der Waals surface area contributed by atoms with Crippen LogP contribution < -0.4 is 0 Å². The van der Waals surface area contributed by atoms with E-state index in [2.05, 4.69) is 0 Å². The molecular formula is C13H14O2S2. The number of hydrogen-bond acceptors (Lipinski definition) is 3. The first-order valence-corrected chi connectivity index (χ1v) is 7.68. The lowest BCUT2D eigenvalue weighted by Gasteiger charge is -2.01. The van der Waals surface area contributed by atoms with Crippen molar-refractivity contribution in [3.63, 3.8) is 0 Å². The number of furan rings is 1. The first-order chi connectivity index (χ1) is 8.27. The van der Waals surface area contributed by atoms with Gasteiger partial charge in [0.05, 0.1) is 17.1 Å². The molecule has 0 aliphatic heterocycles. The smallest absolute Gasteiger partial charge is 0.114 e. The maximum Gasteiger partial charge on any atom is 0.114 e. The summed E-state index contributed by atoms with van der Waals surface area (Å²) < 4.78 is 17.1. The molecule has 0 N–H and O–H groups in total. The van der Waals surface area contributed by atoms with Gasteiger partial charge >= 0.3 is 0 Å². The Morgan fingerprint density at radius 3 is 2.65 bits per heavy atom. The van der Waals surface area contributed by atoms with Crippen molar-refractivity contribution in [3.05, 3.63) is 48.4 Å². The van der Waals surface area contributed by atoms with Crippen molar-refractivity contribution in [2.24, 2.45) is 0 Å². The van der Waals surface area contributed by atoms with Crippen molar-refractivity contribution in [2.45, 2.75) is 16.7 Å². The molecule has 0 saturated carbocycles. The Kier molecular flexibility index (Phi) is 4.45. The van der Waals surface area contributed by atoms with Gasteiger partial charge in [0.25, 0.3) is 0 Å². The largest absolute Gasteiger partial charge is 0.468 e. The van der Waals surface area contributed by atoms with E-state index in [1.807, 2.05) is 43.3 Å². The van der Waals surface area contributed by atoms with E-state index in [0.29, 0.717) is 5.75 Å². The van der Waals surface area contributed by atoms with E-state index < -0.39 is 10.8 Å². The molecule has 0 fully saturated rings. The first kappa shape index (κ1) is 12.5. The fourth-order valence-corrected chi connectivity index (χ4v) is 3.70. The Balaban J connectivity index is 1.84. The summed E-state index contributed by atoms with van der Waals surface area (Å²) in [5.74, 6) is 2.43. The number of thioether (sulfide) groups is 1. The minimum Gasteiger partial charge on any atom is -0.468 e. The average molecular weight is 266 g/mol. The predicted molar refractivity (Wildman–Crippen MR) is 71.9 cm³/mol. The van der Waals surface area contributed by atoms with Crippen molar-refractivity contribution >= 4 is 22.6 Å². The molecule has 2 nitrogen and oxygen atoms in total. The van der Waals surface area contributed by atoms with E-state index in [0.717, 1.165) is 21.3 Å². The van der Waals surface area contributed by atoms with Gasteiger partial charge in [-0.25, -0.2) is 0 Å². The monoisotopic (exact) mass is 266 g/mol. The molecular weight excluding hydrogens is 252 g/mol. The van der Waals surface area contributed by atoms with Gasteiger partial charge in [-0.3, -0.25) is 4.21 Å². The van der Waals surface area contributed by atoms with E-state index in [9.17, 15) is 4.21 Å². The van der Waals surface area contributed by atoms with E-state index in [1.165, 1.54) is 0 Å². The van der Waals surface area contributed by atoms with Crippen LogP contribution in [-0.4, -0.2) is 15.7 Å². The second-order valence-electron chi connectivity index (χ2n) is 3.55. The molecule has 0 spiro atoms. The van der Waals surface area contributed by atoms with Gasteiger partial charge in [-0.1, -0.05) is 18.2 Å². The van der Waals surface area contributed by atoms with Crippen LogP contribution in [0.5, 0.6) is 0 Å². The SMILES string of the molecule is Cc1occc1SCCS(=O)c1ccccc1. The molecule has 2 aromatic rings. The molecule has 0 amide bonds. The summed E-state index contributed by atoms with van der Waals surface area (Å²) in [4.78, 5) is 2.03. The van der Waals surface area contributed by atoms with Gasteiger partial charge in [0, 0.05) is 21.3 Å². The fourth-order valence-electron chi connectivity index (χ4n) is 1.44. The standard InChI is InChI=1S/C13H14O2S2/c1-11-13(7-8-15-11)16-9-10-17(14)12-5-3-2-4-6-12/h2-8H,9-10H2,1H3. The van der Waals surface area contributed by atoms with E-state index in [4.69, 9.17) is 4.42 Å². The van der Waals surface area contributed by atoms with Crippen LogP contribution in [0.3, 0.4) is 0 Å². The lowest BCUT2D eigenvalue weighted by atomic mass is 10.4. The lowest BCUT2D eigenvalue weighted by molar-refractivity contribution is 0.527. The zero-order valence-electron chi connectivity index (χ0n) is 9.59. The number of hydrogen-bond donors (Lipinski definition) is 0. The maximum absolute atomic E-state index is 11.9. The van der Waals surface area contributed by atoms with Crippen LogP contribution in [0.25, 0.3) is 0 Å². The first-order valence-electron chi connectivity index (χ1n) is 5.37. The van der Waals surface area contributed by atoms with Gasteiger partial charge in [-0.2, -0.15) is 0 Å². The van der Waals surface area contributed by atoms with Crippen molar-refractivity contribution < 1.29 is 8.63 Å². The number of benzene rings is 1. The van der Waals surface area contributed by atoms with Crippen molar-refractivity contribution in [1.82, 2.24) is 0 Å². The highest BCUT2D eigenvalue weighted by atomic mass is 32.2. The molecule has 0 radical (unpaired) electrons. The van der Waals surface area contributed by atoms with Crippen LogP contribution in [0.15, 0.2) is 56.9 Å². The van der Waals surface area contributed by atoms with Gasteiger partial charge in [0.1, 0.15) is 5.76 Å². The minimum atomic E-state index is -0.903. The topological polar surface area (TPSA) is 30.2 Å². The van der Waals surface area contributed by atoms with Crippen LogP contribution in [0.2, 0.25) is 0 Å². The lowest BCUT2D eigenvalue weighted by Crippen LogP contribution is -2.00. The molecule has 0 aliphatic rings. The summed E-state index contributed by atoms with van der Waals surface area (Å²) in [6.45, 7) is 1.94. The molecule has 1 aromatic heterocycles. The Morgan fingerprint density at radius 1 is 1.24 bits per heavy atom. The molecule has 17 heavy (non-hydrogen) atoms. The zero-order chi connectivity index (χ0) is 12.1. The summed E-state index contributed by atoms with van der Waals surface area (Å²) in [6.07, 6.45) is 1.69. The molecule has 0 aliphatic carbocycles. The highest BCUT2D eigenvalue weighted by Crippen LogP contribution is 2.23. The summed E-state index contributed by atoms with van der Waals surface area (Å²) >= 11 is 1.69. The molecule has 1 unspecified atom stereocenters. The quantitative estimate of drug-likeness (QED) is 0.776. The summed E-state index contributed by atoms with van der Waals surface area (Å²) in [6, 6.07) is 11.5. The second kappa shape index (κ2) is 6.07. The third-order valence-electron chi connectivity index (χ3n) is 2.34. The van der Waals surface area contributed by atoms with Gasteiger partial charge in [0.15, 0.2) is 0 Å². The molecule has 1 heterocycles. The van der Waals surface area contributed by atoms with Gasteiger partial charge in [-0.05, 0) is 25.1 Å². The molecule has 2 rings (SSSR count). The van der Waals surface area contributed by atoms with Crippen LogP contribution in [0.4, 0.5) is 0 Å². The summed E-state index contributed by atoms with van der Waals surface area (Å²) in [5, 5.41) is 0. The van der Waals surface area contributed by atoms with Crippen LogP contribution in [0.1, 0.15) is 5.76 Å². The molecule has 0 saturated heterocycles. The highest BCUT2D eigenvalue weighted by Gasteiger charge is 2.05. The van der Waals surface area contributed by atoms with Crippen molar-refractivity contribution in [2.75, 3.05) is 11.5 Å². The van der Waals surface area contributed by atoms with Crippen LogP contribution in [-0.2, 0) is 10.8 Å². The summed E-state index contributed by atoms with van der Waals surface area (Å²) in [7, 11) is -0.903. The Labute approximate surface area is 108 Å². The molecule has 1 atom stereocenters. The second-order valence-corrected chi connectivity index (χ2v) is 6.26. The van der Waals surface area contributed by atoms with Gasteiger partial charge in [-0.15, -0.1) is 11.8 Å². The molecule has 4 heteroatoms. The van der Waals surface area contributed by atoms with Crippen LogP contribution >= 0.6 is 11.8 Å². The van der Waals surface area contributed by atoms with E-state index >= 15 is 0 Å². The Hall–Kier alpha value is -1.00. The minimum absolute atomic E-state index is 0.666. The third-order valence-corrected chi connectivity index (χ3v) is 5.12. The summed E-state index contributed by atoms with van der Waals surface area (Å²) in [5.41, 5.74) is 0. The van der Waals surface area contributed by atoms with E-state index in [-0.39, 0.29) is 0 Å². The van der Waals surface area contributed by atoms with Crippen molar-refractivity contribution in [3.8, 4) is 0 Å². The number of rotatable bonds is 5. The average Bonchev–Trinajstić information content (AvgIpc) is 2.76. The predicted octanol–water partition coefficient (Wildman–Crippen LogP) is 3.49. The van der Waals surface area contributed by atoms with Gasteiger partial charge in [0.2, 0.25) is 0 Å². The maximum atomic E-state index is 11.9. The third kappa shape index (κ3) is 3.48. The Bertz CT molecular complexity index is 491. The molecule has 90 valence electrons. The van der Waals surface area contributed by atoms with Gasteiger partial charge < -0.3 is 4.42 Å². The molecule has 1 aromatic carbocycles. The van der Waals surface area contributed by atoms with Crippen molar-refractivity contribution in [1.29, 1.82) is 0 Å². The molecule has 0 bridgehead atoms. The van der Waals surface area contributed by atoms with E-state index in [1.54, 1.807) is 18.0 Å². The Morgan fingerprint density at radius 2 is 2.00 bits per heavy atom. The van der Waals surface area contributed by atoms with Crippen LogP contribution in [0, 0.1) is 6.92 Å². The normalized spacial score (nSPS) is 12.5. The zero-order valence-corrected chi connectivity index (χ0v) is 11.2.